The number of benzene rings is 2. The van der Waals surface area contributed by atoms with E-state index in [9.17, 15) is 18.0 Å². The number of alkyl halides is 3. The summed E-state index contributed by atoms with van der Waals surface area (Å²) in [4.78, 5) is 12.5. The number of carbonyl (C=O) groups excluding carboxylic acids is 1. The maximum absolute atomic E-state index is 12.7. The Morgan fingerprint density at radius 3 is 2.46 bits per heavy atom. The van der Waals surface area contributed by atoms with Crippen molar-refractivity contribution in [3.05, 3.63) is 47.0 Å². The Hall–Kier alpha value is -2.06. The fraction of sp³-hybridized carbons (Fsp3) is 0.316. The molecule has 0 radical (unpaired) electrons. The van der Waals surface area contributed by atoms with Crippen molar-refractivity contribution >= 4 is 29.3 Å². The van der Waals surface area contributed by atoms with Crippen molar-refractivity contribution in [3.8, 4) is 17.2 Å². The Bertz CT molecular complexity index is 842. The summed E-state index contributed by atoms with van der Waals surface area (Å²) in [5.74, 6) is 0.238. The predicted molar refractivity (Wildman–Crippen MR) is 101 cm³/mol. The van der Waals surface area contributed by atoms with Crippen molar-refractivity contribution in [3.63, 3.8) is 0 Å². The minimum atomic E-state index is -4.49. The summed E-state index contributed by atoms with van der Waals surface area (Å²) in [5, 5.41) is -0.175. The smallest absolute Gasteiger partial charge is 0.416 e. The molecule has 152 valence electrons. The van der Waals surface area contributed by atoms with Gasteiger partial charge in [0.1, 0.15) is 17.2 Å². The van der Waals surface area contributed by atoms with Crippen LogP contribution in [0.1, 0.15) is 19.4 Å². The summed E-state index contributed by atoms with van der Waals surface area (Å²) in [6.45, 7) is 3.49. The van der Waals surface area contributed by atoms with Crippen LogP contribution in [0.15, 0.2) is 41.3 Å². The van der Waals surface area contributed by atoms with Crippen LogP contribution >= 0.6 is 23.4 Å². The number of halogens is 4. The maximum atomic E-state index is 12.7. The Balaban J connectivity index is 2.24. The van der Waals surface area contributed by atoms with Gasteiger partial charge in [-0.25, -0.2) is 4.79 Å². The van der Waals surface area contributed by atoms with Crippen LogP contribution in [0.4, 0.5) is 13.2 Å². The lowest BCUT2D eigenvalue weighted by Crippen LogP contribution is -2.26. The number of ether oxygens (including phenoxy) is 3. The van der Waals surface area contributed by atoms with E-state index < -0.39 is 23.8 Å². The van der Waals surface area contributed by atoms with Crippen molar-refractivity contribution in [2.75, 3.05) is 12.9 Å². The molecule has 0 saturated carbocycles. The molecule has 0 aliphatic carbocycles. The van der Waals surface area contributed by atoms with Gasteiger partial charge >= 0.3 is 12.1 Å². The van der Waals surface area contributed by atoms with E-state index in [1.807, 2.05) is 6.26 Å². The number of rotatable bonds is 7. The van der Waals surface area contributed by atoms with Crippen molar-refractivity contribution in [1.29, 1.82) is 0 Å². The zero-order valence-electron chi connectivity index (χ0n) is 15.3. The van der Waals surface area contributed by atoms with Crippen LogP contribution < -0.4 is 9.47 Å². The molecule has 2 aromatic rings. The van der Waals surface area contributed by atoms with Crippen LogP contribution in [0.5, 0.6) is 17.2 Å². The van der Waals surface area contributed by atoms with E-state index >= 15 is 0 Å². The van der Waals surface area contributed by atoms with E-state index in [-0.39, 0.29) is 17.4 Å². The highest BCUT2D eigenvalue weighted by molar-refractivity contribution is 7.98. The Morgan fingerprint density at radius 1 is 1.18 bits per heavy atom. The van der Waals surface area contributed by atoms with E-state index in [0.717, 1.165) is 23.1 Å². The molecular formula is C19H18ClF3O4S. The van der Waals surface area contributed by atoms with Crippen LogP contribution in [0.2, 0.25) is 5.02 Å². The molecule has 0 aliphatic rings. The molecule has 2 aromatic carbocycles. The number of carbonyl (C=O) groups is 1. The molecular weight excluding hydrogens is 417 g/mol. The van der Waals surface area contributed by atoms with Crippen molar-refractivity contribution in [1.82, 2.24) is 0 Å². The first kappa shape index (κ1) is 22.2. The third kappa shape index (κ3) is 5.72. The molecule has 0 bridgehead atoms. The van der Waals surface area contributed by atoms with Gasteiger partial charge in [-0.2, -0.15) is 13.2 Å². The zero-order chi connectivity index (χ0) is 20.9. The molecule has 0 aromatic heterocycles. The minimum absolute atomic E-state index is 0.0657. The van der Waals surface area contributed by atoms with E-state index in [1.165, 1.54) is 17.8 Å². The molecule has 0 aliphatic heterocycles. The largest absolute Gasteiger partial charge is 0.478 e. The minimum Gasteiger partial charge on any atom is -0.478 e. The highest BCUT2D eigenvalue weighted by atomic mass is 35.5. The lowest BCUT2D eigenvalue weighted by Gasteiger charge is -2.17. The lowest BCUT2D eigenvalue weighted by molar-refractivity contribution is -0.150. The van der Waals surface area contributed by atoms with E-state index in [0.29, 0.717) is 11.5 Å². The summed E-state index contributed by atoms with van der Waals surface area (Å²) in [7, 11) is 0. The first-order chi connectivity index (χ1) is 13.2. The predicted octanol–water partition coefficient (Wildman–Crippen LogP) is 6.20. The molecule has 28 heavy (non-hydrogen) atoms. The van der Waals surface area contributed by atoms with Crippen LogP contribution in [-0.2, 0) is 15.7 Å². The van der Waals surface area contributed by atoms with Gasteiger partial charge in [0.2, 0.25) is 0 Å². The monoisotopic (exact) mass is 434 g/mol. The standard InChI is InChI=1S/C19H18ClF3O4S/c1-4-25-18(24)11(2)26-16-10-13(6-8-17(16)28-3)27-15-7-5-12(9-14(15)20)19(21,22)23/h5-11H,4H2,1-3H3. The lowest BCUT2D eigenvalue weighted by atomic mass is 10.2. The zero-order valence-corrected chi connectivity index (χ0v) is 16.9. The molecule has 2 rings (SSSR count). The quantitative estimate of drug-likeness (QED) is 0.383. The molecule has 4 nitrogen and oxygen atoms in total. The third-order valence-corrected chi connectivity index (χ3v) is 4.62. The topological polar surface area (TPSA) is 44.8 Å². The second kappa shape index (κ2) is 9.43. The molecule has 1 atom stereocenters. The first-order valence-electron chi connectivity index (χ1n) is 8.21. The SMILES string of the molecule is CCOC(=O)C(C)Oc1cc(Oc2ccc(C(F)(F)F)cc2Cl)ccc1SC. The first-order valence-corrected chi connectivity index (χ1v) is 9.82. The van der Waals surface area contributed by atoms with Gasteiger partial charge in [0.05, 0.1) is 17.2 Å². The molecule has 0 N–H and O–H groups in total. The number of thioether (sulfide) groups is 1. The maximum Gasteiger partial charge on any atom is 0.416 e. The molecule has 1 unspecified atom stereocenters. The van der Waals surface area contributed by atoms with Crippen molar-refractivity contribution in [2.45, 2.75) is 31.0 Å². The summed E-state index contributed by atoms with van der Waals surface area (Å²) < 4.78 is 54.4. The average molecular weight is 435 g/mol. The van der Waals surface area contributed by atoms with Gasteiger partial charge in [-0.15, -0.1) is 11.8 Å². The Morgan fingerprint density at radius 2 is 1.89 bits per heavy atom. The average Bonchev–Trinajstić information content (AvgIpc) is 2.63. The highest BCUT2D eigenvalue weighted by Gasteiger charge is 2.31. The van der Waals surface area contributed by atoms with Gasteiger partial charge in [0.15, 0.2) is 6.10 Å². The van der Waals surface area contributed by atoms with E-state index in [4.69, 9.17) is 25.8 Å². The summed E-state index contributed by atoms with van der Waals surface area (Å²) >= 11 is 7.32. The summed E-state index contributed by atoms with van der Waals surface area (Å²) in [6, 6.07) is 7.71. The fourth-order valence-electron chi connectivity index (χ4n) is 2.20. The molecule has 0 spiro atoms. The number of hydrogen-bond acceptors (Lipinski definition) is 5. The second-order valence-corrected chi connectivity index (χ2v) is 6.83. The third-order valence-electron chi connectivity index (χ3n) is 3.54. The van der Waals surface area contributed by atoms with Gasteiger partial charge in [-0.05, 0) is 50.4 Å². The van der Waals surface area contributed by atoms with Crippen LogP contribution in [0.3, 0.4) is 0 Å². The van der Waals surface area contributed by atoms with E-state index in [2.05, 4.69) is 0 Å². The van der Waals surface area contributed by atoms with Gasteiger partial charge in [-0.1, -0.05) is 11.6 Å². The normalized spacial score (nSPS) is 12.4. The molecule has 0 heterocycles. The van der Waals surface area contributed by atoms with E-state index in [1.54, 1.807) is 26.0 Å². The summed E-state index contributed by atoms with van der Waals surface area (Å²) in [6.07, 6.45) is -3.49. The fourth-order valence-corrected chi connectivity index (χ4v) is 2.93. The highest BCUT2D eigenvalue weighted by Crippen LogP contribution is 2.38. The summed E-state index contributed by atoms with van der Waals surface area (Å²) in [5.41, 5.74) is -0.866. The second-order valence-electron chi connectivity index (χ2n) is 5.57. The number of hydrogen-bond donors (Lipinski definition) is 0. The molecule has 0 saturated heterocycles. The number of esters is 1. The van der Waals surface area contributed by atoms with Gasteiger partial charge in [0.25, 0.3) is 0 Å². The van der Waals surface area contributed by atoms with Gasteiger partial charge in [-0.3, -0.25) is 0 Å². The van der Waals surface area contributed by atoms with Crippen LogP contribution in [0.25, 0.3) is 0 Å². The molecule has 9 heteroatoms. The molecule has 0 fully saturated rings. The molecule has 0 amide bonds. The van der Waals surface area contributed by atoms with Crippen molar-refractivity contribution in [2.24, 2.45) is 0 Å². The Kier molecular flexibility index (Phi) is 7.48. The van der Waals surface area contributed by atoms with Gasteiger partial charge < -0.3 is 14.2 Å². The van der Waals surface area contributed by atoms with Crippen molar-refractivity contribution < 1.29 is 32.2 Å². The van der Waals surface area contributed by atoms with Crippen LogP contribution in [-0.4, -0.2) is 24.9 Å². The van der Waals surface area contributed by atoms with Gasteiger partial charge in [0, 0.05) is 11.0 Å². The Labute approximate surface area is 169 Å². The van der Waals surface area contributed by atoms with Crippen LogP contribution in [0, 0.1) is 0 Å².